The first-order valence-electron chi connectivity index (χ1n) is 5.58. The highest BCUT2D eigenvalue weighted by Gasteiger charge is 2.13. The molecule has 0 bridgehead atoms. The van der Waals surface area contributed by atoms with Crippen molar-refractivity contribution in [2.24, 2.45) is 0 Å². The van der Waals surface area contributed by atoms with Gasteiger partial charge in [-0.1, -0.05) is 23.7 Å². The first kappa shape index (κ1) is 14.4. The molecule has 0 radical (unpaired) electrons. The van der Waals surface area contributed by atoms with E-state index in [4.69, 9.17) is 21.6 Å². The van der Waals surface area contributed by atoms with E-state index in [0.29, 0.717) is 16.3 Å². The van der Waals surface area contributed by atoms with Crippen LogP contribution in [0.1, 0.15) is 5.56 Å². The Balaban J connectivity index is 2.11. The molecule has 0 fully saturated rings. The van der Waals surface area contributed by atoms with Crippen molar-refractivity contribution in [2.75, 3.05) is 0 Å². The maximum atomic E-state index is 13.3. The molecule has 0 unspecified atom stereocenters. The summed E-state index contributed by atoms with van der Waals surface area (Å²) in [5.74, 6) is 0.0463. The Morgan fingerprint density at radius 1 is 1.16 bits per heavy atom. The molecule has 0 spiro atoms. The van der Waals surface area contributed by atoms with Gasteiger partial charge < -0.3 is 10.0 Å². The van der Waals surface area contributed by atoms with Crippen LogP contribution in [-0.4, -0.2) is 17.2 Å². The summed E-state index contributed by atoms with van der Waals surface area (Å²) < 4.78 is 13.3. The zero-order valence-electron chi connectivity index (χ0n) is 9.88. The molecule has 0 aromatic heterocycles. The SMILES string of the molecule is OB(O)c1cc(F)cc(CSc2cccc(Cl)c2)c1. The Kier molecular flexibility index (Phi) is 4.88. The second-order valence-electron chi connectivity index (χ2n) is 4.01. The van der Waals surface area contributed by atoms with Gasteiger partial charge in [-0.25, -0.2) is 4.39 Å². The van der Waals surface area contributed by atoms with E-state index >= 15 is 0 Å². The molecule has 2 rings (SSSR count). The van der Waals surface area contributed by atoms with Crippen LogP contribution in [0.5, 0.6) is 0 Å². The zero-order valence-corrected chi connectivity index (χ0v) is 11.5. The first-order chi connectivity index (χ1) is 9.04. The van der Waals surface area contributed by atoms with Crippen LogP contribution in [0.15, 0.2) is 47.4 Å². The number of thioether (sulfide) groups is 1. The van der Waals surface area contributed by atoms with Crippen molar-refractivity contribution in [2.45, 2.75) is 10.6 Å². The highest BCUT2D eigenvalue weighted by Crippen LogP contribution is 2.25. The topological polar surface area (TPSA) is 40.5 Å². The van der Waals surface area contributed by atoms with Gasteiger partial charge in [0, 0.05) is 15.7 Å². The van der Waals surface area contributed by atoms with Gasteiger partial charge in [-0.15, -0.1) is 11.8 Å². The molecule has 0 aliphatic heterocycles. The van der Waals surface area contributed by atoms with Crippen molar-refractivity contribution in [1.82, 2.24) is 0 Å². The van der Waals surface area contributed by atoms with Crippen LogP contribution in [0.4, 0.5) is 4.39 Å². The second-order valence-corrected chi connectivity index (χ2v) is 5.50. The first-order valence-corrected chi connectivity index (χ1v) is 6.95. The molecular weight excluding hydrogens is 285 g/mol. The average molecular weight is 297 g/mol. The number of rotatable bonds is 4. The highest BCUT2D eigenvalue weighted by molar-refractivity contribution is 7.98. The van der Waals surface area contributed by atoms with E-state index in [1.165, 1.54) is 17.8 Å². The smallest absolute Gasteiger partial charge is 0.423 e. The lowest BCUT2D eigenvalue weighted by atomic mass is 9.79. The standard InChI is InChI=1S/C13H11BClFO2S/c15-11-2-1-3-13(7-11)19-8-9-4-10(14(17)18)6-12(16)5-9/h1-7,17-18H,8H2. The maximum Gasteiger partial charge on any atom is 0.488 e. The lowest BCUT2D eigenvalue weighted by Crippen LogP contribution is -2.30. The number of halogens is 2. The van der Waals surface area contributed by atoms with E-state index in [2.05, 4.69) is 0 Å². The molecule has 2 nitrogen and oxygen atoms in total. The quantitative estimate of drug-likeness (QED) is 0.672. The third-order valence-electron chi connectivity index (χ3n) is 2.48. The van der Waals surface area contributed by atoms with Crippen LogP contribution in [-0.2, 0) is 5.75 Å². The minimum absolute atomic E-state index is 0.154. The lowest BCUT2D eigenvalue weighted by molar-refractivity contribution is 0.425. The van der Waals surface area contributed by atoms with E-state index in [1.807, 2.05) is 18.2 Å². The fraction of sp³-hybridized carbons (Fsp3) is 0.0769. The van der Waals surface area contributed by atoms with E-state index in [9.17, 15) is 4.39 Å². The normalized spacial score (nSPS) is 10.5. The molecule has 98 valence electrons. The Labute approximate surface area is 120 Å². The van der Waals surface area contributed by atoms with Crippen molar-refractivity contribution in [3.05, 3.63) is 58.9 Å². The number of hydrogen-bond acceptors (Lipinski definition) is 3. The van der Waals surface area contributed by atoms with E-state index < -0.39 is 12.9 Å². The highest BCUT2D eigenvalue weighted by atomic mass is 35.5. The Morgan fingerprint density at radius 2 is 1.95 bits per heavy atom. The third-order valence-corrected chi connectivity index (χ3v) is 3.78. The lowest BCUT2D eigenvalue weighted by Gasteiger charge is -2.06. The summed E-state index contributed by atoms with van der Waals surface area (Å²) in [4.78, 5) is 0.975. The summed E-state index contributed by atoms with van der Waals surface area (Å²) in [6, 6.07) is 11.4. The molecule has 0 atom stereocenters. The van der Waals surface area contributed by atoms with Gasteiger partial charge in [0.15, 0.2) is 0 Å². The molecule has 2 N–H and O–H groups in total. The molecule has 0 heterocycles. The summed E-state index contributed by atoms with van der Waals surface area (Å²) >= 11 is 7.38. The summed E-state index contributed by atoms with van der Waals surface area (Å²) in [6.45, 7) is 0. The van der Waals surface area contributed by atoms with Crippen molar-refractivity contribution >= 4 is 35.9 Å². The van der Waals surface area contributed by atoms with Crippen LogP contribution < -0.4 is 5.46 Å². The van der Waals surface area contributed by atoms with E-state index in [1.54, 1.807) is 12.1 Å². The molecule has 0 amide bonds. The van der Waals surface area contributed by atoms with Crippen LogP contribution in [0.3, 0.4) is 0 Å². The van der Waals surface area contributed by atoms with Gasteiger partial charge in [0.05, 0.1) is 0 Å². The summed E-state index contributed by atoms with van der Waals surface area (Å²) in [7, 11) is -1.66. The van der Waals surface area contributed by atoms with Gasteiger partial charge in [0.2, 0.25) is 0 Å². The van der Waals surface area contributed by atoms with Crippen LogP contribution in [0.25, 0.3) is 0 Å². The van der Waals surface area contributed by atoms with Crippen molar-refractivity contribution in [1.29, 1.82) is 0 Å². The summed E-state index contributed by atoms with van der Waals surface area (Å²) in [6.07, 6.45) is 0. The minimum Gasteiger partial charge on any atom is -0.423 e. The van der Waals surface area contributed by atoms with Gasteiger partial charge in [0.25, 0.3) is 0 Å². The number of benzene rings is 2. The largest absolute Gasteiger partial charge is 0.488 e. The molecule has 0 saturated heterocycles. The molecular formula is C13H11BClFO2S. The fourth-order valence-corrected chi connectivity index (χ4v) is 2.77. The van der Waals surface area contributed by atoms with Crippen LogP contribution >= 0.6 is 23.4 Å². The monoisotopic (exact) mass is 296 g/mol. The molecule has 0 saturated carbocycles. The average Bonchev–Trinajstić information content (AvgIpc) is 2.36. The molecule has 2 aromatic rings. The number of hydrogen-bond donors (Lipinski definition) is 2. The summed E-state index contributed by atoms with van der Waals surface area (Å²) in [5.41, 5.74) is 0.842. The van der Waals surface area contributed by atoms with Crippen LogP contribution in [0.2, 0.25) is 5.02 Å². The minimum atomic E-state index is -1.66. The van der Waals surface area contributed by atoms with Crippen LogP contribution in [0, 0.1) is 5.82 Å². The zero-order chi connectivity index (χ0) is 13.8. The molecule has 2 aromatic carbocycles. The maximum absolute atomic E-state index is 13.3. The van der Waals surface area contributed by atoms with Gasteiger partial charge >= 0.3 is 7.12 Å². The molecule has 6 heteroatoms. The molecule has 0 aliphatic carbocycles. The van der Waals surface area contributed by atoms with Crippen molar-refractivity contribution < 1.29 is 14.4 Å². The molecule has 0 aliphatic rings. The third kappa shape index (κ3) is 4.25. The van der Waals surface area contributed by atoms with Crippen molar-refractivity contribution in [3.8, 4) is 0 Å². The van der Waals surface area contributed by atoms with Gasteiger partial charge in [-0.2, -0.15) is 0 Å². The Hall–Kier alpha value is -1.01. The molecule has 19 heavy (non-hydrogen) atoms. The van der Waals surface area contributed by atoms with Gasteiger partial charge in [-0.3, -0.25) is 0 Å². The predicted molar refractivity (Wildman–Crippen MR) is 77.2 cm³/mol. The van der Waals surface area contributed by atoms with Gasteiger partial charge in [0.1, 0.15) is 5.82 Å². The van der Waals surface area contributed by atoms with E-state index in [0.717, 1.165) is 11.0 Å². The summed E-state index contributed by atoms with van der Waals surface area (Å²) in [5, 5.41) is 18.8. The second kappa shape index (κ2) is 6.43. The predicted octanol–water partition coefficient (Wildman–Crippen LogP) is 2.45. The Morgan fingerprint density at radius 3 is 2.63 bits per heavy atom. The van der Waals surface area contributed by atoms with Crippen molar-refractivity contribution in [3.63, 3.8) is 0 Å². The van der Waals surface area contributed by atoms with E-state index in [-0.39, 0.29) is 5.46 Å². The Bertz CT molecular complexity index is 580. The van der Waals surface area contributed by atoms with Gasteiger partial charge in [-0.05, 0) is 41.4 Å². The fourth-order valence-electron chi connectivity index (χ4n) is 1.63.